The Hall–Kier alpha value is -2.85. The van der Waals surface area contributed by atoms with Crippen molar-refractivity contribution in [1.29, 1.82) is 0 Å². The van der Waals surface area contributed by atoms with Crippen LogP contribution in [0.5, 0.6) is 0 Å². The molecule has 10 heteroatoms. The first-order valence-corrected chi connectivity index (χ1v) is 14.3. The standard InChI is InChI=1S/C27H25BrFN5O2S/c1-2-19-15-3-4-16(11-15)23(19)31-22(35)13-37-27-30-21-12-17(28)7-10-20(21)25-32-26(36)24(33-34(25)27)14-5-8-18(29)9-6-14/h5-10,12,15-16,19,23H,2-4,11,13H2,1H3,(H,31,35)/t15-,16-,19-,23-/m0/s1. The van der Waals surface area contributed by atoms with E-state index >= 15 is 0 Å². The summed E-state index contributed by atoms with van der Waals surface area (Å²) in [6.45, 7) is 2.21. The van der Waals surface area contributed by atoms with Crippen molar-refractivity contribution in [3.05, 3.63) is 63.1 Å². The highest BCUT2D eigenvalue weighted by Crippen LogP contribution is 2.49. The van der Waals surface area contributed by atoms with Gasteiger partial charge in [0.1, 0.15) is 5.82 Å². The van der Waals surface area contributed by atoms with Crippen molar-refractivity contribution in [2.75, 3.05) is 5.75 Å². The second-order valence-electron chi connectivity index (χ2n) is 9.85. The van der Waals surface area contributed by atoms with Crippen LogP contribution in [0.25, 0.3) is 27.8 Å². The van der Waals surface area contributed by atoms with Crippen LogP contribution in [0.2, 0.25) is 0 Å². The molecule has 4 atom stereocenters. The lowest BCUT2D eigenvalue weighted by molar-refractivity contribution is -0.120. The van der Waals surface area contributed by atoms with Gasteiger partial charge in [-0.2, -0.15) is 14.6 Å². The summed E-state index contributed by atoms with van der Waals surface area (Å²) in [5, 5.41) is 9.00. The van der Waals surface area contributed by atoms with Crippen LogP contribution in [-0.4, -0.2) is 37.3 Å². The smallest absolute Gasteiger partial charge is 0.300 e. The Morgan fingerprint density at radius 2 is 1.95 bits per heavy atom. The highest BCUT2D eigenvalue weighted by atomic mass is 79.9. The van der Waals surface area contributed by atoms with E-state index in [-0.39, 0.29) is 23.4 Å². The fourth-order valence-corrected chi connectivity index (χ4v) is 7.20. The Labute approximate surface area is 225 Å². The molecule has 0 unspecified atom stereocenters. The maximum Gasteiger partial charge on any atom is 0.300 e. The third-order valence-electron chi connectivity index (χ3n) is 7.75. The highest BCUT2D eigenvalue weighted by Gasteiger charge is 2.46. The molecule has 2 aromatic carbocycles. The van der Waals surface area contributed by atoms with E-state index in [2.05, 4.69) is 38.3 Å². The molecule has 6 rings (SSSR count). The van der Waals surface area contributed by atoms with Crippen molar-refractivity contribution in [3.63, 3.8) is 0 Å². The predicted molar refractivity (Wildman–Crippen MR) is 145 cm³/mol. The van der Waals surface area contributed by atoms with E-state index < -0.39 is 11.4 Å². The number of carbonyl (C=O) groups is 1. The van der Waals surface area contributed by atoms with Gasteiger partial charge in [-0.15, -0.1) is 0 Å². The molecular formula is C27H25BrFN5O2S. The first kappa shape index (κ1) is 24.5. The predicted octanol–water partition coefficient (Wildman–Crippen LogP) is 5.24. The van der Waals surface area contributed by atoms with Crippen LogP contribution in [0.3, 0.4) is 0 Å². The number of benzene rings is 2. The molecule has 2 fully saturated rings. The maximum atomic E-state index is 13.5. The van der Waals surface area contributed by atoms with Gasteiger partial charge in [0, 0.05) is 21.5 Å². The van der Waals surface area contributed by atoms with E-state index in [1.165, 1.54) is 59.8 Å². The molecule has 2 heterocycles. The maximum absolute atomic E-state index is 13.5. The largest absolute Gasteiger partial charge is 0.352 e. The van der Waals surface area contributed by atoms with Crippen molar-refractivity contribution in [2.24, 2.45) is 17.8 Å². The van der Waals surface area contributed by atoms with Crippen LogP contribution in [-0.2, 0) is 4.79 Å². The quantitative estimate of drug-likeness (QED) is 0.190. The zero-order valence-corrected chi connectivity index (χ0v) is 22.6. The van der Waals surface area contributed by atoms with Gasteiger partial charge in [-0.1, -0.05) is 41.0 Å². The number of aromatic nitrogens is 4. The molecule has 37 heavy (non-hydrogen) atoms. The van der Waals surface area contributed by atoms with Gasteiger partial charge < -0.3 is 5.32 Å². The molecule has 1 N–H and O–H groups in total. The number of halogens is 2. The van der Waals surface area contributed by atoms with E-state index in [4.69, 9.17) is 4.98 Å². The van der Waals surface area contributed by atoms with Crippen LogP contribution in [0, 0.1) is 23.6 Å². The second-order valence-corrected chi connectivity index (χ2v) is 11.7. The number of carbonyl (C=O) groups excluding carboxylic acids is 1. The summed E-state index contributed by atoms with van der Waals surface area (Å²) in [5.74, 6) is 1.60. The zero-order chi connectivity index (χ0) is 25.7. The second kappa shape index (κ2) is 9.79. The van der Waals surface area contributed by atoms with Gasteiger partial charge in [-0.05, 0) is 79.5 Å². The SMILES string of the molecule is CC[C@H]1[C@H]2CC[C@@H](C2)[C@@H]1NC(=O)CSc1nc2cc(Br)ccc2c2nc(=O)c(-c3ccc(F)cc3)nn12. The van der Waals surface area contributed by atoms with Gasteiger partial charge in [-0.3, -0.25) is 9.59 Å². The summed E-state index contributed by atoms with van der Waals surface area (Å²) >= 11 is 4.74. The van der Waals surface area contributed by atoms with Crippen molar-refractivity contribution < 1.29 is 9.18 Å². The summed E-state index contributed by atoms with van der Waals surface area (Å²) in [6, 6.07) is 11.3. The zero-order valence-electron chi connectivity index (χ0n) is 20.2. The van der Waals surface area contributed by atoms with Gasteiger partial charge in [0.2, 0.25) is 5.91 Å². The Morgan fingerprint density at radius 1 is 1.16 bits per heavy atom. The summed E-state index contributed by atoms with van der Waals surface area (Å²) in [4.78, 5) is 35.1. The molecule has 2 saturated carbocycles. The first-order valence-electron chi connectivity index (χ1n) is 12.5. The van der Waals surface area contributed by atoms with E-state index in [1.807, 2.05) is 18.2 Å². The molecule has 4 aromatic rings. The molecule has 0 radical (unpaired) electrons. The molecule has 7 nitrogen and oxygen atoms in total. The summed E-state index contributed by atoms with van der Waals surface area (Å²) in [6.07, 6.45) is 4.78. The number of hydrogen-bond donors (Lipinski definition) is 1. The molecule has 1 amide bonds. The molecule has 0 spiro atoms. The average Bonchev–Trinajstić information content (AvgIpc) is 3.49. The van der Waals surface area contributed by atoms with Gasteiger partial charge >= 0.3 is 0 Å². The average molecular weight is 582 g/mol. The Morgan fingerprint density at radius 3 is 2.73 bits per heavy atom. The molecule has 2 aliphatic rings. The topological polar surface area (TPSA) is 89.2 Å². The van der Waals surface area contributed by atoms with Crippen molar-refractivity contribution in [3.8, 4) is 11.3 Å². The lowest BCUT2D eigenvalue weighted by atomic mass is 9.83. The van der Waals surface area contributed by atoms with Crippen LogP contribution in [0.1, 0.15) is 32.6 Å². The van der Waals surface area contributed by atoms with E-state index in [1.54, 1.807) is 0 Å². The number of amides is 1. The Kier molecular flexibility index (Phi) is 6.48. The Balaban J connectivity index is 1.35. The Bertz CT molecular complexity index is 1580. The molecular weight excluding hydrogens is 557 g/mol. The first-order chi connectivity index (χ1) is 17.9. The number of hydrogen-bond acceptors (Lipinski definition) is 6. The van der Waals surface area contributed by atoms with Crippen molar-refractivity contribution in [1.82, 2.24) is 24.9 Å². The molecule has 2 aromatic heterocycles. The number of nitrogens with one attached hydrogen (secondary N) is 1. The minimum Gasteiger partial charge on any atom is -0.352 e. The third-order valence-corrected chi connectivity index (χ3v) is 9.17. The molecule has 190 valence electrons. The van der Waals surface area contributed by atoms with E-state index in [0.29, 0.717) is 39.1 Å². The number of fused-ring (bicyclic) bond motifs is 5. The fraction of sp³-hybridized carbons (Fsp3) is 0.370. The third kappa shape index (κ3) is 4.54. The monoisotopic (exact) mass is 581 g/mol. The molecule has 2 bridgehead atoms. The number of rotatable bonds is 6. The summed E-state index contributed by atoms with van der Waals surface area (Å²) in [7, 11) is 0. The minimum atomic E-state index is -0.516. The van der Waals surface area contributed by atoms with Crippen LogP contribution < -0.4 is 10.9 Å². The van der Waals surface area contributed by atoms with Crippen molar-refractivity contribution >= 4 is 50.1 Å². The highest BCUT2D eigenvalue weighted by molar-refractivity contribution is 9.10. The van der Waals surface area contributed by atoms with Gasteiger partial charge in [0.15, 0.2) is 16.5 Å². The summed E-state index contributed by atoms with van der Waals surface area (Å²) in [5.41, 5.74) is 1.03. The van der Waals surface area contributed by atoms with E-state index in [9.17, 15) is 14.0 Å². The van der Waals surface area contributed by atoms with Crippen LogP contribution in [0.4, 0.5) is 4.39 Å². The molecule has 0 aliphatic heterocycles. The van der Waals surface area contributed by atoms with Crippen LogP contribution >= 0.6 is 27.7 Å². The fourth-order valence-electron chi connectivity index (χ4n) is 6.09. The number of nitrogens with zero attached hydrogens (tertiary/aromatic N) is 4. The lowest BCUT2D eigenvalue weighted by Crippen LogP contribution is -2.44. The van der Waals surface area contributed by atoms with Gasteiger partial charge in [0.05, 0.1) is 11.3 Å². The minimum absolute atomic E-state index is 0.0296. The van der Waals surface area contributed by atoms with Crippen molar-refractivity contribution in [2.45, 2.75) is 43.8 Å². The lowest BCUT2D eigenvalue weighted by Gasteiger charge is -2.31. The van der Waals surface area contributed by atoms with Gasteiger partial charge in [0.25, 0.3) is 5.56 Å². The van der Waals surface area contributed by atoms with Crippen LogP contribution in [0.15, 0.2) is 56.9 Å². The van der Waals surface area contributed by atoms with Gasteiger partial charge in [-0.25, -0.2) is 9.37 Å². The molecule has 0 saturated heterocycles. The van der Waals surface area contributed by atoms with E-state index in [0.717, 1.165) is 16.8 Å². The molecule has 2 aliphatic carbocycles. The summed E-state index contributed by atoms with van der Waals surface area (Å²) < 4.78 is 15.8. The normalized spacial score (nSPS) is 22.7. The number of thioether (sulfide) groups is 1.